The highest BCUT2D eigenvalue weighted by atomic mass is 79.9. The standard InChI is InChI=1S/C33H28BrN3O5S/c1-20-8-11-24(33(41)42)19-28(20)36-30(38)21(2)43-27-16-14-26(15-17-27)35-32(40)29(18-22-9-12-25(34)13-10-22)37-31(39)23-6-4-3-5-7-23/h3-19,21H,1-2H3,(H,35,40)(H,36,38)(H,37,39)(H,41,42)/b29-18-. The molecule has 218 valence electrons. The van der Waals surface area contributed by atoms with Crippen molar-refractivity contribution >= 4 is 68.8 Å². The summed E-state index contributed by atoms with van der Waals surface area (Å²) in [7, 11) is 0. The Labute approximate surface area is 261 Å². The fraction of sp³-hybridized carbons (Fsp3) is 0.0909. The van der Waals surface area contributed by atoms with E-state index in [1.807, 2.05) is 24.3 Å². The number of hydrogen-bond acceptors (Lipinski definition) is 5. The average Bonchev–Trinajstić information content (AvgIpc) is 3.00. The molecule has 3 amide bonds. The number of aryl methyl sites for hydroxylation is 1. The van der Waals surface area contributed by atoms with Crippen LogP contribution >= 0.6 is 27.7 Å². The van der Waals surface area contributed by atoms with Crippen LogP contribution in [0.4, 0.5) is 11.4 Å². The van der Waals surface area contributed by atoms with Crippen molar-refractivity contribution in [3.63, 3.8) is 0 Å². The van der Waals surface area contributed by atoms with E-state index in [1.54, 1.807) is 80.6 Å². The molecule has 0 saturated heterocycles. The van der Waals surface area contributed by atoms with E-state index in [0.29, 0.717) is 16.9 Å². The number of carbonyl (C=O) groups excluding carboxylic acids is 3. The molecule has 10 heteroatoms. The fourth-order valence-corrected chi connectivity index (χ4v) is 5.00. The zero-order valence-electron chi connectivity index (χ0n) is 23.3. The van der Waals surface area contributed by atoms with E-state index in [-0.39, 0.29) is 17.2 Å². The topological polar surface area (TPSA) is 125 Å². The van der Waals surface area contributed by atoms with Gasteiger partial charge in [-0.3, -0.25) is 14.4 Å². The molecule has 0 aliphatic rings. The Balaban J connectivity index is 1.43. The van der Waals surface area contributed by atoms with Gasteiger partial charge in [0.15, 0.2) is 0 Å². The molecule has 4 aromatic rings. The summed E-state index contributed by atoms with van der Waals surface area (Å²) in [5.41, 5.74) is 3.01. The molecular weight excluding hydrogens is 630 g/mol. The Morgan fingerprint density at radius 1 is 0.837 bits per heavy atom. The summed E-state index contributed by atoms with van der Waals surface area (Å²) >= 11 is 4.71. The lowest BCUT2D eigenvalue weighted by Crippen LogP contribution is -2.30. The molecule has 0 spiro atoms. The lowest BCUT2D eigenvalue weighted by Gasteiger charge is -2.15. The van der Waals surface area contributed by atoms with Crippen molar-refractivity contribution in [2.45, 2.75) is 24.0 Å². The SMILES string of the molecule is Cc1ccc(C(=O)O)cc1NC(=O)C(C)Sc1ccc(NC(=O)/C(=C/c2ccc(Br)cc2)NC(=O)c2ccccc2)cc1. The van der Waals surface area contributed by atoms with Gasteiger partial charge in [-0.15, -0.1) is 11.8 Å². The van der Waals surface area contributed by atoms with Gasteiger partial charge < -0.3 is 21.1 Å². The number of carboxylic acids is 1. The van der Waals surface area contributed by atoms with Crippen LogP contribution in [-0.2, 0) is 9.59 Å². The first-order valence-electron chi connectivity index (χ1n) is 13.2. The van der Waals surface area contributed by atoms with Gasteiger partial charge in [0, 0.05) is 26.3 Å². The number of anilines is 2. The Morgan fingerprint density at radius 3 is 2.16 bits per heavy atom. The zero-order chi connectivity index (χ0) is 30.9. The Bertz CT molecular complexity index is 1670. The van der Waals surface area contributed by atoms with Crippen LogP contribution in [0.5, 0.6) is 0 Å². The lowest BCUT2D eigenvalue weighted by molar-refractivity contribution is -0.115. The Kier molecular flexibility index (Phi) is 10.5. The first-order chi connectivity index (χ1) is 20.6. The van der Waals surface area contributed by atoms with Gasteiger partial charge >= 0.3 is 5.97 Å². The number of halogens is 1. The van der Waals surface area contributed by atoms with E-state index < -0.39 is 23.0 Å². The second-order valence-corrected chi connectivity index (χ2v) is 11.8. The molecule has 0 aliphatic carbocycles. The van der Waals surface area contributed by atoms with Gasteiger partial charge in [-0.05, 0) is 91.7 Å². The summed E-state index contributed by atoms with van der Waals surface area (Å²) in [6.45, 7) is 3.54. The normalized spacial score (nSPS) is 11.7. The molecule has 0 aliphatic heterocycles. The van der Waals surface area contributed by atoms with Crippen molar-refractivity contribution in [2.75, 3.05) is 10.6 Å². The van der Waals surface area contributed by atoms with Crippen LogP contribution in [0.15, 0.2) is 112 Å². The first kappa shape index (κ1) is 31.3. The van der Waals surface area contributed by atoms with Gasteiger partial charge in [0.1, 0.15) is 5.70 Å². The fourth-order valence-electron chi connectivity index (χ4n) is 3.87. The molecule has 0 fully saturated rings. The molecule has 8 nitrogen and oxygen atoms in total. The minimum atomic E-state index is -1.07. The van der Waals surface area contributed by atoms with Gasteiger partial charge in [0.05, 0.1) is 10.8 Å². The molecular formula is C33H28BrN3O5S. The minimum absolute atomic E-state index is 0.0715. The zero-order valence-corrected chi connectivity index (χ0v) is 25.7. The van der Waals surface area contributed by atoms with Gasteiger partial charge in [-0.1, -0.05) is 52.3 Å². The average molecular weight is 659 g/mol. The van der Waals surface area contributed by atoms with E-state index >= 15 is 0 Å². The Morgan fingerprint density at radius 2 is 1.51 bits per heavy atom. The van der Waals surface area contributed by atoms with Crippen molar-refractivity contribution in [1.29, 1.82) is 0 Å². The van der Waals surface area contributed by atoms with Gasteiger partial charge in [-0.2, -0.15) is 0 Å². The molecule has 0 aromatic heterocycles. The molecule has 0 saturated carbocycles. The predicted octanol–water partition coefficient (Wildman–Crippen LogP) is 6.98. The number of nitrogens with one attached hydrogen (secondary N) is 3. The van der Waals surface area contributed by atoms with Crippen molar-refractivity contribution in [3.05, 3.63) is 129 Å². The maximum absolute atomic E-state index is 13.3. The van der Waals surface area contributed by atoms with Crippen molar-refractivity contribution in [1.82, 2.24) is 5.32 Å². The van der Waals surface area contributed by atoms with Crippen LogP contribution in [0.1, 0.15) is 38.8 Å². The highest BCUT2D eigenvalue weighted by Gasteiger charge is 2.18. The lowest BCUT2D eigenvalue weighted by atomic mass is 10.1. The second kappa shape index (κ2) is 14.5. The van der Waals surface area contributed by atoms with Crippen LogP contribution in [0.3, 0.4) is 0 Å². The van der Waals surface area contributed by atoms with E-state index in [9.17, 15) is 24.3 Å². The summed E-state index contributed by atoms with van der Waals surface area (Å²) in [4.78, 5) is 51.0. The number of thioether (sulfide) groups is 1. The maximum Gasteiger partial charge on any atom is 0.335 e. The molecule has 0 radical (unpaired) electrons. The number of benzene rings is 4. The third-order valence-electron chi connectivity index (χ3n) is 6.25. The Hall–Kier alpha value is -4.67. The second-order valence-electron chi connectivity index (χ2n) is 9.49. The molecule has 4 N–H and O–H groups in total. The molecule has 0 bridgehead atoms. The van der Waals surface area contributed by atoms with Crippen LogP contribution in [-0.4, -0.2) is 34.0 Å². The van der Waals surface area contributed by atoms with Crippen LogP contribution < -0.4 is 16.0 Å². The number of aromatic carboxylic acids is 1. The van der Waals surface area contributed by atoms with E-state index in [1.165, 1.54) is 23.9 Å². The van der Waals surface area contributed by atoms with E-state index in [4.69, 9.17) is 0 Å². The smallest absolute Gasteiger partial charge is 0.335 e. The van der Waals surface area contributed by atoms with Crippen molar-refractivity contribution in [3.8, 4) is 0 Å². The van der Waals surface area contributed by atoms with Crippen LogP contribution in [0.2, 0.25) is 0 Å². The summed E-state index contributed by atoms with van der Waals surface area (Å²) in [6.07, 6.45) is 1.60. The predicted molar refractivity (Wildman–Crippen MR) is 173 cm³/mol. The molecule has 4 rings (SSSR count). The van der Waals surface area contributed by atoms with Gasteiger partial charge in [0.2, 0.25) is 5.91 Å². The highest BCUT2D eigenvalue weighted by Crippen LogP contribution is 2.27. The van der Waals surface area contributed by atoms with Crippen molar-refractivity contribution < 1.29 is 24.3 Å². The maximum atomic E-state index is 13.3. The third-order valence-corrected chi connectivity index (χ3v) is 7.89. The molecule has 43 heavy (non-hydrogen) atoms. The first-order valence-corrected chi connectivity index (χ1v) is 14.8. The third kappa shape index (κ3) is 8.91. The number of hydrogen-bond donors (Lipinski definition) is 4. The molecule has 1 atom stereocenters. The highest BCUT2D eigenvalue weighted by molar-refractivity contribution is 9.10. The largest absolute Gasteiger partial charge is 0.478 e. The molecule has 1 unspecified atom stereocenters. The van der Waals surface area contributed by atoms with Crippen molar-refractivity contribution in [2.24, 2.45) is 0 Å². The number of carbonyl (C=O) groups is 4. The van der Waals surface area contributed by atoms with Gasteiger partial charge in [-0.25, -0.2) is 4.79 Å². The summed E-state index contributed by atoms with van der Waals surface area (Å²) in [5.74, 6) is -2.26. The molecule has 0 heterocycles. The summed E-state index contributed by atoms with van der Waals surface area (Å²) in [6, 6.07) is 27.5. The quantitative estimate of drug-likeness (QED) is 0.108. The number of amides is 3. The van der Waals surface area contributed by atoms with Gasteiger partial charge in [0.25, 0.3) is 11.8 Å². The summed E-state index contributed by atoms with van der Waals surface area (Å²) < 4.78 is 0.885. The summed E-state index contributed by atoms with van der Waals surface area (Å²) in [5, 5.41) is 17.1. The number of rotatable bonds is 10. The van der Waals surface area contributed by atoms with Crippen LogP contribution in [0.25, 0.3) is 6.08 Å². The minimum Gasteiger partial charge on any atom is -0.478 e. The van der Waals surface area contributed by atoms with E-state index in [2.05, 4.69) is 31.9 Å². The number of carboxylic acid groups (broad SMARTS) is 1. The monoisotopic (exact) mass is 657 g/mol. The van der Waals surface area contributed by atoms with Crippen LogP contribution in [0, 0.1) is 6.92 Å². The molecule has 4 aromatic carbocycles. The van der Waals surface area contributed by atoms with E-state index in [0.717, 1.165) is 20.5 Å².